The summed E-state index contributed by atoms with van der Waals surface area (Å²) in [4.78, 5) is 43.2. The fraction of sp³-hybridized carbons (Fsp3) is 0.265. The van der Waals surface area contributed by atoms with Gasteiger partial charge in [0.1, 0.15) is 11.9 Å². The van der Waals surface area contributed by atoms with Gasteiger partial charge in [-0.05, 0) is 54.8 Å². The van der Waals surface area contributed by atoms with E-state index in [0.717, 1.165) is 10.8 Å². The Bertz CT molecular complexity index is 1690. The Morgan fingerprint density at radius 3 is 2.42 bits per heavy atom. The SMILES string of the molecule is C[C@H](CO)N1C[C@H](C)[C@H](CN(C)C(=O)Nc2cccc3ccccc23)Oc2c(NC(=O)Nc3ccc(F)cc3)cccc2C1=O. The van der Waals surface area contributed by atoms with E-state index in [1.165, 1.54) is 29.2 Å². The van der Waals surface area contributed by atoms with Crippen molar-refractivity contribution < 1.29 is 28.6 Å². The van der Waals surface area contributed by atoms with Crippen molar-refractivity contribution in [3.63, 3.8) is 0 Å². The molecule has 1 aliphatic heterocycles. The van der Waals surface area contributed by atoms with Gasteiger partial charge < -0.3 is 35.6 Å². The predicted molar refractivity (Wildman–Crippen MR) is 172 cm³/mol. The number of fused-ring (bicyclic) bond motifs is 2. The van der Waals surface area contributed by atoms with Gasteiger partial charge in [0.15, 0.2) is 5.75 Å². The van der Waals surface area contributed by atoms with Crippen molar-refractivity contribution in [1.82, 2.24) is 9.80 Å². The second kappa shape index (κ2) is 13.6. The van der Waals surface area contributed by atoms with Crippen LogP contribution in [0.2, 0.25) is 0 Å². The summed E-state index contributed by atoms with van der Waals surface area (Å²) < 4.78 is 19.8. The fourth-order valence-electron chi connectivity index (χ4n) is 5.28. The first-order chi connectivity index (χ1) is 21.6. The molecular formula is C34H36FN5O5. The maximum atomic E-state index is 13.7. The highest BCUT2D eigenvalue weighted by atomic mass is 19.1. The van der Waals surface area contributed by atoms with E-state index in [0.29, 0.717) is 11.4 Å². The number of nitrogens with zero attached hydrogens (tertiary/aromatic N) is 2. The molecule has 4 N–H and O–H groups in total. The van der Waals surface area contributed by atoms with Crippen molar-refractivity contribution in [3.05, 3.63) is 96.3 Å². The largest absolute Gasteiger partial charge is 0.485 e. The molecule has 0 bridgehead atoms. The average Bonchev–Trinajstić information content (AvgIpc) is 3.03. The van der Waals surface area contributed by atoms with Crippen LogP contribution in [0.25, 0.3) is 10.8 Å². The lowest BCUT2D eigenvalue weighted by Crippen LogP contribution is -2.50. The molecule has 5 amide bonds. The van der Waals surface area contributed by atoms with Gasteiger partial charge in [-0.25, -0.2) is 14.0 Å². The van der Waals surface area contributed by atoms with Crippen molar-refractivity contribution in [3.8, 4) is 5.75 Å². The molecule has 0 saturated heterocycles. The highest BCUT2D eigenvalue weighted by Gasteiger charge is 2.35. The second-order valence-corrected chi connectivity index (χ2v) is 11.2. The molecule has 45 heavy (non-hydrogen) atoms. The smallest absolute Gasteiger partial charge is 0.323 e. The van der Waals surface area contributed by atoms with Gasteiger partial charge in [0.2, 0.25) is 0 Å². The Labute approximate surface area is 260 Å². The summed E-state index contributed by atoms with van der Waals surface area (Å²) in [5.41, 5.74) is 1.49. The topological polar surface area (TPSA) is 123 Å². The molecule has 234 valence electrons. The van der Waals surface area contributed by atoms with Gasteiger partial charge >= 0.3 is 12.1 Å². The highest BCUT2D eigenvalue weighted by molar-refractivity contribution is 6.04. The molecule has 1 aliphatic rings. The van der Waals surface area contributed by atoms with Gasteiger partial charge in [0.25, 0.3) is 5.91 Å². The van der Waals surface area contributed by atoms with Gasteiger partial charge in [-0.3, -0.25) is 4.79 Å². The maximum Gasteiger partial charge on any atom is 0.323 e. The molecule has 1 heterocycles. The number of ether oxygens (including phenoxy) is 1. The monoisotopic (exact) mass is 613 g/mol. The van der Waals surface area contributed by atoms with Crippen molar-refractivity contribution in [2.45, 2.75) is 26.0 Å². The molecule has 0 radical (unpaired) electrons. The van der Waals surface area contributed by atoms with Gasteiger partial charge in [-0.2, -0.15) is 0 Å². The second-order valence-electron chi connectivity index (χ2n) is 11.2. The molecule has 0 saturated carbocycles. The standard InChI is InChI=1S/C34H36FN5O5/c1-21-18-40(22(2)20-41)32(42)27-11-7-13-29(37-33(43)36-25-16-14-24(35)15-17-25)31(27)45-30(21)19-39(3)34(44)38-28-12-6-9-23-8-4-5-10-26(23)28/h4-17,21-22,30,41H,18-20H2,1-3H3,(H,38,44)(H2,36,37,43)/t21-,22+,30-/m0/s1. The highest BCUT2D eigenvalue weighted by Crippen LogP contribution is 2.35. The molecule has 0 aromatic heterocycles. The Kier molecular flexibility index (Phi) is 9.48. The number of amides is 5. The van der Waals surface area contributed by atoms with Gasteiger partial charge in [0, 0.05) is 30.6 Å². The van der Waals surface area contributed by atoms with E-state index in [2.05, 4.69) is 16.0 Å². The summed E-state index contributed by atoms with van der Waals surface area (Å²) in [6.45, 7) is 3.84. The number of likely N-dealkylation sites (N-methyl/N-ethyl adjacent to an activating group) is 1. The number of rotatable bonds is 7. The minimum absolute atomic E-state index is 0.145. The van der Waals surface area contributed by atoms with Gasteiger partial charge in [-0.15, -0.1) is 0 Å². The molecule has 0 aliphatic carbocycles. The fourth-order valence-corrected chi connectivity index (χ4v) is 5.28. The number of urea groups is 2. The molecule has 3 atom stereocenters. The predicted octanol–water partition coefficient (Wildman–Crippen LogP) is 6.01. The molecule has 4 aromatic carbocycles. The van der Waals surface area contributed by atoms with Crippen molar-refractivity contribution in [2.24, 2.45) is 5.92 Å². The van der Waals surface area contributed by atoms with Crippen LogP contribution < -0.4 is 20.7 Å². The number of carbonyl (C=O) groups excluding carboxylic acids is 3. The third kappa shape index (κ3) is 7.15. The summed E-state index contributed by atoms with van der Waals surface area (Å²) in [6, 6.07) is 22.1. The van der Waals surface area contributed by atoms with Gasteiger partial charge in [0.05, 0.1) is 36.1 Å². The van der Waals surface area contributed by atoms with E-state index in [4.69, 9.17) is 4.74 Å². The first kappa shape index (κ1) is 31.3. The first-order valence-corrected chi connectivity index (χ1v) is 14.7. The zero-order valence-corrected chi connectivity index (χ0v) is 25.3. The van der Waals surface area contributed by atoms with E-state index in [9.17, 15) is 23.9 Å². The normalized spacial score (nSPS) is 16.9. The van der Waals surface area contributed by atoms with Crippen LogP contribution in [-0.2, 0) is 0 Å². The number of aliphatic hydroxyl groups excluding tert-OH is 1. The Balaban J connectivity index is 1.41. The molecule has 4 aromatic rings. The van der Waals surface area contributed by atoms with Crippen molar-refractivity contribution >= 4 is 45.8 Å². The molecule has 0 spiro atoms. The van der Waals surface area contributed by atoms with E-state index in [1.807, 2.05) is 49.4 Å². The summed E-state index contributed by atoms with van der Waals surface area (Å²) in [5.74, 6) is -0.923. The van der Waals surface area contributed by atoms with Crippen LogP contribution in [0.4, 0.5) is 31.0 Å². The number of anilines is 3. The Morgan fingerprint density at radius 1 is 0.978 bits per heavy atom. The van der Waals surface area contributed by atoms with Crippen LogP contribution in [0.3, 0.4) is 0 Å². The van der Waals surface area contributed by atoms with Crippen molar-refractivity contribution in [2.75, 3.05) is 42.7 Å². The molecule has 0 fully saturated rings. The van der Waals surface area contributed by atoms with E-state index >= 15 is 0 Å². The zero-order chi connectivity index (χ0) is 32.1. The van der Waals surface area contributed by atoms with Crippen LogP contribution in [0, 0.1) is 11.7 Å². The van der Waals surface area contributed by atoms with Crippen LogP contribution in [0.1, 0.15) is 24.2 Å². The summed E-state index contributed by atoms with van der Waals surface area (Å²) in [7, 11) is 1.66. The van der Waals surface area contributed by atoms with E-state index in [1.54, 1.807) is 37.1 Å². The third-order valence-electron chi connectivity index (χ3n) is 7.87. The van der Waals surface area contributed by atoms with Crippen LogP contribution >= 0.6 is 0 Å². The Hall–Kier alpha value is -5.16. The Morgan fingerprint density at radius 2 is 1.67 bits per heavy atom. The van der Waals surface area contributed by atoms with E-state index < -0.39 is 24.0 Å². The average molecular weight is 614 g/mol. The lowest BCUT2D eigenvalue weighted by Gasteiger charge is -2.38. The number of para-hydroxylation sites is 1. The summed E-state index contributed by atoms with van der Waals surface area (Å²) in [6.07, 6.45) is -0.600. The number of hydrogen-bond donors (Lipinski definition) is 4. The lowest BCUT2D eigenvalue weighted by molar-refractivity contribution is 0.0373. The summed E-state index contributed by atoms with van der Waals surface area (Å²) in [5, 5.41) is 20.2. The lowest BCUT2D eigenvalue weighted by atomic mass is 9.99. The molecule has 10 nitrogen and oxygen atoms in total. The minimum atomic E-state index is -0.620. The van der Waals surface area contributed by atoms with Gasteiger partial charge in [-0.1, -0.05) is 49.4 Å². The maximum absolute atomic E-state index is 13.7. The minimum Gasteiger partial charge on any atom is -0.485 e. The number of hydrogen-bond acceptors (Lipinski definition) is 5. The number of benzene rings is 4. The third-order valence-corrected chi connectivity index (χ3v) is 7.87. The molecular weight excluding hydrogens is 577 g/mol. The number of aliphatic hydroxyl groups is 1. The number of nitrogens with one attached hydrogen (secondary N) is 3. The number of carbonyl (C=O) groups is 3. The van der Waals surface area contributed by atoms with Crippen molar-refractivity contribution in [1.29, 1.82) is 0 Å². The summed E-state index contributed by atoms with van der Waals surface area (Å²) >= 11 is 0. The quantitative estimate of drug-likeness (QED) is 0.203. The van der Waals surface area contributed by atoms with Crippen LogP contribution in [0.5, 0.6) is 5.75 Å². The zero-order valence-electron chi connectivity index (χ0n) is 25.3. The number of halogens is 1. The molecule has 5 rings (SSSR count). The van der Waals surface area contributed by atoms with Crippen LogP contribution in [0.15, 0.2) is 84.9 Å². The van der Waals surface area contributed by atoms with Crippen LogP contribution in [-0.4, -0.2) is 71.8 Å². The first-order valence-electron chi connectivity index (χ1n) is 14.7. The molecule has 0 unspecified atom stereocenters. The van der Waals surface area contributed by atoms with E-state index in [-0.39, 0.29) is 54.6 Å². The molecule has 11 heteroatoms.